The molecule has 0 heterocycles. The van der Waals surface area contributed by atoms with Crippen molar-refractivity contribution >= 4 is 34.0 Å². The second kappa shape index (κ2) is 20.1. The molecule has 0 spiro atoms. The van der Waals surface area contributed by atoms with Crippen LogP contribution in [-0.4, -0.2) is 7.38 Å². The Morgan fingerprint density at radius 3 is 0.677 bits per heavy atom. The van der Waals surface area contributed by atoms with Gasteiger partial charge in [-0.25, -0.2) is 0 Å². The number of halogens is 1. The van der Waals surface area contributed by atoms with Crippen LogP contribution in [0.3, 0.4) is 0 Å². The number of benzene rings is 9. The third-order valence-electron chi connectivity index (χ3n) is 13.6. The molecule has 0 fully saturated rings. The van der Waals surface area contributed by atoms with Gasteiger partial charge in [0.2, 0.25) is 7.38 Å². The zero-order chi connectivity index (χ0) is 44.6. The van der Waals surface area contributed by atoms with E-state index in [4.69, 9.17) is 0 Å². The highest BCUT2D eigenvalue weighted by Gasteiger charge is 2.44. The van der Waals surface area contributed by atoms with Crippen LogP contribution in [0, 0.1) is 20.8 Å². The van der Waals surface area contributed by atoms with E-state index in [2.05, 4.69) is 239 Å². The summed E-state index contributed by atoms with van der Waals surface area (Å²) >= 11 is 9.22. The number of hydrogen-bond acceptors (Lipinski definition) is 0. The Morgan fingerprint density at radius 2 is 0.462 bits per heavy atom. The molecule has 0 aliphatic carbocycles. The monoisotopic (exact) mass is 876 g/mol. The average Bonchev–Trinajstić information content (AvgIpc) is 3.34. The molecule has 0 aromatic heterocycles. The minimum atomic E-state index is -3.44. The van der Waals surface area contributed by atoms with Crippen molar-refractivity contribution in [2.45, 2.75) is 59.3 Å². The van der Waals surface area contributed by atoms with Crippen LogP contribution < -0.4 is 15.6 Å². The van der Waals surface area contributed by atoms with E-state index in [-0.39, 0.29) is 0 Å². The summed E-state index contributed by atoms with van der Waals surface area (Å²) in [4.78, 5) is 0. The van der Waals surface area contributed by atoms with Crippen molar-refractivity contribution in [3.8, 4) is 0 Å². The van der Waals surface area contributed by atoms with Gasteiger partial charge in [-0.3, -0.25) is 0 Å². The van der Waals surface area contributed by atoms with E-state index in [1.54, 1.807) is 0 Å². The minimum Gasteiger partial charge on any atom is -0.149 e. The summed E-state index contributed by atoms with van der Waals surface area (Å²) in [6.45, 7) is 7.05. The molecule has 0 amide bonds. The molecule has 0 bridgehead atoms. The average molecular weight is 878 g/mol. The van der Waals surface area contributed by atoms with Crippen molar-refractivity contribution in [3.05, 3.63) is 302 Å². The van der Waals surface area contributed by atoms with E-state index in [9.17, 15) is 11.1 Å². The van der Waals surface area contributed by atoms with Crippen LogP contribution in [0.5, 0.6) is 0 Å². The van der Waals surface area contributed by atoms with Gasteiger partial charge in [-0.1, -0.05) is 218 Å². The molecule has 0 atom stereocenters. The molecule has 2 heteroatoms. The summed E-state index contributed by atoms with van der Waals surface area (Å²) in [6.07, 6.45) is 4.99. The molecule has 0 saturated carbocycles. The maximum Gasteiger partial charge on any atom is 0.248 e. The van der Waals surface area contributed by atoms with E-state index < -0.39 is 7.38 Å². The highest BCUT2D eigenvalue weighted by Crippen LogP contribution is 2.31. The summed E-state index contributed by atoms with van der Waals surface area (Å²) in [6, 6.07) is 80.3. The van der Waals surface area contributed by atoms with Crippen LogP contribution in [0.2, 0.25) is 0 Å². The topological polar surface area (TPSA) is 0 Å². The summed E-state index contributed by atoms with van der Waals surface area (Å²) in [5.41, 5.74) is 19.9. The normalized spacial score (nSPS) is 11.4. The largest absolute Gasteiger partial charge is 0.248 e. The second-order valence-corrected chi connectivity index (χ2v) is 22.4. The van der Waals surface area contributed by atoms with Gasteiger partial charge in [0.15, 0.2) is 0 Å². The molecule has 0 unspecified atom stereocenters. The molecule has 0 radical (unpaired) electrons. The SMILES string of the molecule is Cc1c(Cc2ccccc2)ccc([Si](Cl)(c2ccc(Cc3ccccc3)c(C)c2Cc2ccccc2)c2ccc(Cc3ccccc3)c(C)c2Cc2ccccc2)c1Cc1ccccc1. The van der Waals surface area contributed by atoms with Gasteiger partial charge >= 0.3 is 0 Å². The third kappa shape index (κ3) is 9.79. The van der Waals surface area contributed by atoms with Gasteiger partial charge in [-0.2, -0.15) is 0 Å². The predicted octanol–water partition coefficient (Wildman–Crippen LogP) is 13.4. The smallest absolute Gasteiger partial charge is 0.149 e. The van der Waals surface area contributed by atoms with Gasteiger partial charge in [0.1, 0.15) is 0 Å². The van der Waals surface area contributed by atoms with Crippen molar-refractivity contribution in [2.24, 2.45) is 0 Å². The first kappa shape index (κ1) is 43.7. The lowest BCUT2D eigenvalue weighted by Crippen LogP contribution is -2.66. The predicted molar refractivity (Wildman–Crippen MR) is 280 cm³/mol. The van der Waals surface area contributed by atoms with Crippen LogP contribution in [0.25, 0.3) is 0 Å². The summed E-state index contributed by atoms with van der Waals surface area (Å²) in [7, 11) is -3.44. The molecular formula is C63H57ClSi. The highest BCUT2D eigenvalue weighted by atomic mass is 35.6. The van der Waals surface area contributed by atoms with E-state index in [1.165, 1.54) is 99.0 Å². The Hall–Kier alpha value is -6.51. The standard InChI is InChI=1S/C63H57ClSi/c1-46-55(40-49-22-10-4-11-23-49)34-37-61(58(46)43-52-28-16-7-17-29-52)65(64,62-38-35-56(41-50-24-12-5-13-25-50)47(2)59(62)44-53-30-18-8-19-31-53)63-39-36-57(42-51-26-14-6-15-27-51)48(3)60(63)45-54-32-20-9-21-33-54/h4-39H,40-45H2,1-3H3. The third-order valence-corrected chi connectivity index (χ3v) is 19.1. The molecular weight excluding hydrogens is 820 g/mol. The van der Waals surface area contributed by atoms with Gasteiger partial charge in [-0.15, -0.1) is 11.1 Å². The molecule has 0 saturated heterocycles. The van der Waals surface area contributed by atoms with E-state index in [0.29, 0.717) is 0 Å². The van der Waals surface area contributed by atoms with Crippen LogP contribution in [0.15, 0.2) is 218 Å². The summed E-state index contributed by atoms with van der Waals surface area (Å²) in [5, 5.41) is 3.85. The Kier molecular flexibility index (Phi) is 13.5. The fourth-order valence-corrected chi connectivity index (χ4v) is 15.4. The molecule has 9 aromatic rings. The first-order valence-corrected chi connectivity index (χ1v) is 26.1. The fraction of sp³-hybridized carbons (Fsp3) is 0.143. The van der Waals surface area contributed by atoms with E-state index in [0.717, 1.165) is 38.5 Å². The van der Waals surface area contributed by atoms with Gasteiger partial charge in [0.25, 0.3) is 0 Å². The van der Waals surface area contributed by atoms with Crippen molar-refractivity contribution in [1.82, 2.24) is 0 Å². The summed E-state index contributed by atoms with van der Waals surface area (Å²) < 4.78 is 0. The van der Waals surface area contributed by atoms with Gasteiger partial charge in [0, 0.05) is 0 Å². The Labute approximate surface area is 393 Å². The first-order chi connectivity index (χ1) is 31.8. The van der Waals surface area contributed by atoms with E-state index >= 15 is 0 Å². The molecule has 320 valence electrons. The second-order valence-electron chi connectivity index (χ2n) is 17.8. The number of hydrogen-bond donors (Lipinski definition) is 0. The lowest BCUT2D eigenvalue weighted by Gasteiger charge is -2.35. The molecule has 9 rings (SSSR count). The lowest BCUT2D eigenvalue weighted by atomic mass is 9.92. The Bertz CT molecular complexity index is 2650. The van der Waals surface area contributed by atoms with Crippen molar-refractivity contribution in [1.29, 1.82) is 0 Å². The van der Waals surface area contributed by atoms with Crippen LogP contribution in [-0.2, 0) is 38.5 Å². The molecule has 0 N–H and O–H groups in total. The first-order valence-electron chi connectivity index (χ1n) is 23.1. The fourth-order valence-electron chi connectivity index (χ4n) is 9.92. The van der Waals surface area contributed by atoms with Crippen LogP contribution in [0.1, 0.15) is 83.5 Å². The number of rotatable bonds is 15. The Morgan fingerprint density at radius 1 is 0.262 bits per heavy atom. The van der Waals surface area contributed by atoms with Crippen LogP contribution >= 0.6 is 11.1 Å². The molecule has 0 aliphatic rings. The van der Waals surface area contributed by atoms with Crippen molar-refractivity contribution in [2.75, 3.05) is 0 Å². The zero-order valence-electron chi connectivity index (χ0n) is 37.9. The van der Waals surface area contributed by atoms with Gasteiger partial charge in [0.05, 0.1) is 0 Å². The molecule has 0 nitrogen and oxygen atoms in total. The molecule has 9 aromatic carbocycles. The highest BCUT2D eigenvalue weighted by molar-refractivity contribution is 7.40. The van der Waals surface area contributed by atoms with Gasteiger partial charge in [-0.05, 0) is 158 Å². The zero-order valence-corrected chi connectivity index (χ0v) is 39.7. The Balaban J connectivity index is 1.35. The maximum absolute atomic E-state index is 9.22. The lowest BCUT2D eigenvalue weighted by molar-refractivity contribution is 1.09. The minimum absolute atomic E-state index is 0.796. The molecule has 0 aliphatic heterocycles. The van der Waals surface area contributed by atoms with Gasteiger partial charge < -0.3 is 0 Å². The molecule has 65 heavy (non-hydrogen) atoms. The van der Waals surface area contributed by atoms with Crippen molar-refractivity contribution < 1.29 is 0 Å². The quantitative estimate of drug-likeness (QED) is 0.0547. The van der Waals surface area contributed by atoms with Crippen molar-refractivity contribution in [3.63, 3.8) is 0 Å². The maximum atomic E-state index is 9.22. The van der Waals surface area contributed by atoms with Crippen LogP contribution in [0.4, 0.5) is 0 Å². The van der Waals surface area contributed by atoms with E-state index in [1.807, 2.05) is 0 Å². The summed E-state index contributed by atoms with van der Waals surface area (Å²) in [5.74, 6) is 0.